The number of nitrogens with two attached hydrogens (primary N) is 1. The van der Waals surface area contributed by atoms with Gasteiger partial charge in [-0.25, -0.2) is 4.98 Å². The van der Waals surface area contributed by atoms with E-state index in [1.807, 2.05) is 6.20 Å². The van der Waals surface area contributed by atoms with Gasteiger partial charge in [0.2, 0.25) is 0 Å². The first-order chi connectivity index (χ1) is 9.58. The van der Waals surface area contributed by atoms with E-state index in [1.165, 1.54) is 0 Å². The van der Waals surface area contributed by atoms with Crippen molar-refractivity contribution in [1.29, 1.82) is 0 Å². The van der Waals surface area contributed by atoms with Gasteiger partial charge in [0.1, 0.15) is 11.6 Å². The molecule has 0 fully saturated rings. The highest BCUT2D eigenvalue weighted by atomic mass is 16.1. The zero-order chi connectivity index (χ0) is 15.0. The van der Waals surface area contributed by atoms with Gasteiger partial charge in [-0.15, -0.1) is 0 Å². The van der Waals surface area contributed by atoms with Crippen LogP contribution in [0.15, 0.2) is 12.4 Å². The maximum atomic E-state index is 12.1. The number of aryl methyl sites for hydroxylation is 1. The molecule has 0 aliphatic heterocycles. The van der Waals surface area contributed by atoms with Crippen LogP contribution in [-0.2, 0) is 17.8 Å². The smallest absolute Gasteiger partial charge is 0.140 e. The molecule has 1 unspecified atom stereocenters. The molecule has 0 saturated carbocycles. The lowest BCUT2D eigenvalue weighted by atomic mass is 9.87. The summed E-state index contributed by atoms with van der Waals surface area (Å²) in [4.78, 5) is 16.4. The van der Waals surface area contributed by atoms with Crippen LogP contribution >= 0.6 is 0 Å². The van der Waals surface area contributed by atoms with Crippen molar-refractivity contribution in [3.8, 4) is 0 Å². The number of aromatic nitrogens is 2. The lowest BCUT2D eigenvalue weighted by Crippen LogP contribution is -2.17. The molecule has 0 amide bonds. The molecule has 0 spiro atoms. The molecule has 0 radical (unpaired) electrons. The predicted molar refractivity (Wildman–Crippen MR) is 82.5 cm³/mol. The minimum atomic E-state index is 0.288. The minimum absolute atomic E-state index is 0.288. The molecule has 2 N–H and O–H groups in total. The molecule has 114 valence electrons. The van der Waals surface area contributed by atoms with Gasteiger partial charge in [-0.05, 0) is 37.6 Å². The van der Waals surface area contributed by atoms with Gasteiger partial charge >= 0.3 is 0 Å². The third-order valence-electron chi connectivity index (χ3n) is 3.90. The van der Waals surface area contributed by atoms with Gasteiger partial charge in [0.05, 0.1) is 6.42 Å². The SMILES string of the molecule is CCCn1ccnc1CC(=O)CCC(CCN)C(C)C. The third-order valence-corrected chi connectivity index (χ3v) is 3.90. The second-order valence-electron chi connectivity index (χ2n) is 5.87. The fourth-order valence-electron chi connectivity index (χ4n) is 2.59. The van der Waals surface area contributed by atoms with Crippen molar-refractivity contribution in [2.75, 3.05) is 6.54 Å². The van der Waals surface area contributed by atoms with E-state index in [4.69, 9.17) is 5.73 Å². The minimum Gasteiger partial charge on any atom is -0.335 e. The Balaban J connectivity index is 2.44. The van der Waals surface area contributed by atoms with E-state index in [2.05, 4.69) is 30.3 Å². The van der Waals surface area contributed by atoms with Crippen molar-refractivity contribution < 1.29 is 4.79 Å². The first kappa shape index (κ1) is 16.9. The number of ketones is 1. The van der Waals surface area contributed by atoms with E-state index in [9.17, 15) is 4.79 Å². The van der Waals surface area contributed by atoms with Crippen molar-refractivity contribution in [2.45, 2.75) is 59.4 Å². The van der Waals surface area contributed by atoms with Gasteiger partial charge < -0.3 is 10.3 Å². The van der Waals surface area contributed by atoms with E-state index in [0.29, 0.717) is 31.2 Å². The number of rotatable bonds is 10. The zero-order valence-electron chi connectivity index (χ0n) is 13.1. The molecule has 4 heteroatoms. The lowest BCUT2D eigenvalue weighted by molar-refractivity contribution is -0.118. The van der Waals surface area contributed by atoms with Crippen molar-refractivity contribution in [1.82, 2.24) is 9.55 Å². The molecule has 1 aromatic rings. The molecule has 0 aliphatic rings. The number of nitrogens with zero attached hydrogens (tertiary/aromatic N) is 2. The highest BCUT2D eigenvalue weighted by molar-refractivity contribution is 5.80. The quantitative estimate of drug-likeness (QED) is 0.716. The Labute approximate surface area is 122 Å². The van der Waals surface area contributed by atoms with Crippen LogP contribution < -0.4 is 5.73 Å². The summed E-state index contributed by atoms with van der Waals surface area (Å²) in [5.74, 6) is 2.33. The standard InChI is InChI=1S/C16H29N3O/c1-4-10-19-11-9-18-16(19)12-15(20)6-5-14(7-8-17)13(2)3/h9,11,13-14H,4-8,10,12,17H2,1-3H3. The van der Waals surface area contributed by atoms with Gasteiger partial charge in [-0.3, -0.25) is 4.79 Å². The summed E-state index contributed by atoms with van der Waals surface area (Å²) in [5.41, 5.74) is 5.64. The van der Waals surface area contributed by atoms with Crippen LogP contribution in [0, 0.1) is 11.8 Å². The van der Waals surface area contributed by atoms with Crippen LogP contribution in [0.3, 0.4) is 0 Å². The molecule has 1 aromatic heterocycles. The van der Waals surface area contributed by atoms with Gasteiger partial charge in [0.25, 0.3) is 0 Å². The summed E-state index contributed by atoms with van der Waals surface area (Å²) in [5, 5.41) is 0. The molecule has 0 aromatic carbocycles. The molecule has 1 atom stereocenters. The number of carbonyl (C=O) groups is 1. The maximum absolute atomic E-state index is 12.1. The number of Topliss-reactive ketones (excluding diaryl/α,β-unsaturated/α-hetero) is 1. The van der Waals surface area contributed by atoms with Crippen molar-refractivity contribution in [3.63, 3.8) is 0 Å². The molecule has 4 nitrogen and oxygen atoms in total. The second-order valence-corrected chi connectivity index (χ2v) is 5.87. The summed E-state index contributed by atoms with van der Waals surface area (Å²) >= 11 is 0. The average Bonchev–Trinajstić information content (AvgIpc) is 2.82. The van der Waals surface area contributed by atoms with E-state index < -0.39 is 0 Å². The average molecular weight is 279 g/mol. The number of imidazole rings is 1. The lowest BCUT2D eigenvalue weighted by Gasteiger charge is -2.19. The third kappa shape index (κ3) is 5.45. The van der Waals surface area contributed by atoms with Crippen LogP contribution in [0.5, 0.6) is 0 Å². The second kappa shape index (κ2) is 8.90. The summed E-state index contributed by atoms with van der Waals surface area (Å²) in [6, 6.07) is 0. The first-order valence-corrected chi connectivity index (χ1v) is 7.80. The molecular formula is C16H29N3O. The monoisotopic (exact) mass is 279 g/mol. The van der Waals surface area contributed by atoms with Gasteiger partial charge in [0.15, 0.2) is 0 Å². The summed E-state index contributed by atoms with van der Waals surface area (Å²) in [6.45, 7) is 8.19. The molecule has 20 heavy (non-hydrogen) atoms. The van der Waals surface area contributed by atoms with E-state index in [0.717, 1.165) is 31.6 Å². The topological polar surface area (TPSA) is 60.9 Å². The zero-order valence-corrected chi connectivity index (χ0v) is 13.1. The van der Waals surface area contributed by atoms with E-state index >= 15 is 0 Å². The highest BCUT2D eigenvalue weighted by Gasteiger charge is 2.15. The van der Waals surface area contributed by atoms with E-state index in [-0.39, 0.29) is 5.78 Å². The van der Waals surface area contributed by atoms with Crippen LogP contribution in [0.1, 0.15) is 52.3 Å². The van der Waals surface area contributed by atoms with E-state index in [1.54, 1.807) is 6.20 Å². The Bertz CT molecular complexity index is 398. The van der Waals surface area contributed by atoms with Crippen molar-refractivity contribution >= 4 is 5.78 Å². The summed E-state index contributed by atoms with van der Waals surface area (Å²) in [7, 11) is 0. The molecular weight excluding hydrogens is 250 g/mol. The molecule has 0 saturated heterocycles. The predicted octanol–water partition coefficient (Wildman–Crippen LogP) is 2.81. The molecule has 1 heterocycles. The Kier molecular flexibility index (Phi) is 7.52. The van der Waals surface area contributed by atoms with Crippen molar-refractivity contribution in [3.05, 3.63) is 18.2 Å². The first-order valence-electron chi connectivity index (χ1n) is 7.80. The normalized spacial score (nSPS) is 12.8. The number of carbonyl (C=O) groups excluding carboxylic acids is 1. The van der Waals surface area contributed by atoms with Gasteiger partial charge in [-0.2, -0.15) is 0 Å². The van der Waals surface area contributed by atoms with Gasteiger partial charge in [0, 0.05) is 25.4 Å². The summed E-state index contributed by atoms with van der Waals surface area (Å²) in [6.07, 6.45) is 7.85. The highest BCUT2D eigenvalue weighted by Crippen LogP contribution is 2.20. The Morgan fingerprint density at radius 1 is 1.40 bits per heavy atom. The van der Waals surface area contributed by atoms with Crippen molar-refractivity contribution in [2.24, 2.45) is 17.6 Å². The Morgan fingerprint density at radius 3 is 2.75 bits per heavy atom. The Hall–Kier alpha value is -1.16. The Morgan fingerprint density at radius 2 is 2.15 bits per heavy atom. The van der Waals surface area contributed by atoms with Crippen LogP contribution in [0.4, 0.5) is 0 Å². The molecule has 1 rings (SSSR count). The fraction of sp³-hybridized carbons (Fsp3) is 0.750. The number of hydrogen-bond acceptors (Lipinski definition) is 3. The fourth-order valence-corrected chi connectivity index (χ4v) is 2.59. The molecule has 0 aliphatic carbocycles. The number of hydrogen-bond donors (Lipinski definition) is 1. The largest absolute Gasteiger partial charge is 0.335 e. The van der Waals surface area contributed by atoms with Crippen LogP contribution in [-0.4, -0.2) is 21.9 Å². The van der Waals surface area contributed by atoms with Crippen LogP contribution in [0.25, 0.3) is 0 Å². The van der Waals surface area contributed by atoms with Gasteiger partial charge in [-0.1, -0.05) is 20.8 Å². The van der Waals surface area contributed by atoms with Crippen LogP contribution in [0.2, 0.25) is 0 Å². The maximum Gasteiger partial charge on any atom is 0.140 e. The summed E-state index contributed by atoms with van der Waals surface area (Å²) < 4.78 is 2.08. The molecule has 0 bridgehead atoms.